The molecule has 4 rings (SSSR count). The molecule has 3 unspecified atom stereocenters. The molecule has 3 heterocycles. The fourth-order valence-corrected chi connectivity index (χ4v) is 5.34. The number of amides is 2. The van der Waals surface area contributed by atoms with Gasteiger partial charge >= 0.3 is 6.03 Å². The average Bonchev–Trinajstić information content (AvgIpc) is 2.69. The quantitative estimate of drug-likeness (QED) is 0.821. The molecule has 2 saturated heterocycles. The van der Waals surface area contributed by atoms with Gasteiger partial charge in [0.1, 0.15) is 0 Å². The van der Waals surface area contributed by atoms with Crippen LogP contribution in [0.25, 0.3) is 0 Å². The van der Waals surface area contributed by atoms with Crippen molar-refractivity contribution in [3.05, 3.63) is 35.4 Å². The highest BCUT2D eigenvalue weighted by molar-refractivity contribution is 5.74. The van der Waals surface area contributed by atoms with Crippen LogP contribution in [0, 0.1) is 5.92 Å². The highest BCUT2D eigenvalue weighted by atomic mass is 16.2. The molecule has 3 aliphatic rings. The monoisotopic (exact) mass is 355 g/mol. The number of hydrogen-bond donors (Lipinski definition) is 0. The van der Waals surface area contributed by atoms with Crippen molar-refractivity contribution >= 4 is 6.03 Å². The van der Waals surface area contributed by atoms with Crippen molar-refractivity contribution in [3.63, 3.8) is 0 Å². The molecule has 0 saturated carbocycles. The van der Waals surface area contributed by atoms with Crippen molar-refractivity contribution in [2.75, 3.05) is 33.2 Å². The van der Waals surface area contributed by atoms with Crippen molar-refractivity contribution in [3.8, 4) is 0 Å². The molecule has 2 amide bonds. The van der Waals surface area contributed by atoms with E-state index in [0.717, 1.165) is 45.3 Å². The summed E-state index contributed by atoms with van der Waals surface area (Å²) in [5.41, 5.74) is 3.02. The molecule has 1 aromatic carbocycles. The fraction of sp³-hybridized carbons (Fsp3) is 0.682. The van der Waals surface area contributed by atoms with Crippen LogP contribution in [0.5, 0.6) is 0 Å². The van der Waals surface area contributed by atoms with Gasteiger partial charge in [-0.1, -0.05) is 37.6 Å². The molecular weight excluding hydrogens is 322 g/mol. The average molecular weight is 356 g/mol. The number of nitrogens with zero attached hydrogens (tertiary/aromatic N) is 3. The molecule has 2 fully saturated rings. The molecule has 26 heavy (non-hydrogen) atoms. The van der Waals surface area contributed by atoms with Crippen LogP contribution in [-0.4, -0.2) is 60.0 Å². The maximum Gasteiger partial charge on any atom is 0.320 e. The SMILES string of the molecule is CCCCN(C)C(=O)N1CCCC2CN3CCc4ccccc4C3CC21. The van der Waals surface area contributed by atoms with Crippen LogP contribution >= 0.6 is 0 Å². The number of likely N-dealkylation sites (tertiary alicyclic amines) is 1. The van der Waals surface area contributed by atoms with Gasteiger partial charge in [0.05, 0.1) is 0 Å². The van der Waals surface area contributed by atoms with Crippen LogP contribution in [0.15, 0.2) is 24.3 Å². The molecule has 0 radical (unpaired) electrons. The Hall–Kier alpha value is -1.55. The first-order chi connectivity index (χ1) is 12.7. The number of piperidine rings is 2. The number of carbonyl (C=O) groups excluding carboxylic acids is 1. The lowest BCUT2D eigenvalue weighted by Crippen LogP contribution is -2.59. The minimum absolute atomic E-state index is 0.255. The number of hydrogen-bond acceptors (Lipinski definition) is 2. The maximum atomic E-state index is 13.1. The molecular formula is C22H33N3O. The Morgan fingerprint density at radius 2 is 2.12 bits per heavy atom. The van der Waals surface area contributed by atoms with Gasteiger partial charge in [-0.05, 0) is 49.1 Å². The summed E-state index contributed by atoms with van der Waals surface area (Å²) in [6.07, 6.45) is 6.94. The van der Waals surface area contributed by atoms with Gasteiger partial charge in [-0.2, -0.15) is 0 Å². The Bertz CT molecular complexity index is 646. The van der Waals surface area contributed by atoms with E-state index in [1.165, 1.54) is 30.5 Å². The van der Waals surface area contributed by atoms with E-state index >= 15 is 0 Å². The Morgan fingerprint density at radius 1 is 1.27 bits per heavy atom. The molecule has 0 N–H and O–H groups in total. The summed E-state index contributed by atoms with van der Waals surface area (Å²) in [7, 11) is 1.98. The Morgan fingerprint density at radius 3 is 2.96 bits per heavy atom. The number of rotatable bonds is 3. The minimum Gasteiger partial charge on any atom is -0.328 e. The van der Waals surface area contributed by atoms with Crippen LogP contribution in [0.2, 0.25) is 0 Å². The third-order valence-corrected chi connectivity index (χ3v) is 6.79. The zero-order valence-corrected chi connectivity index (χ0v) is 16.4. The standard InChI is InChI=1S/C22H33N3O/c1-3-4-12-23(2)22(26)25-13-7-9-18-16-24-14-11-17-8-5-6-10-19(17)21(24)15-20(18)25/h5-6,8,10,18,20-21H,3-4,7,9,11-16H2,1-2H3. The molecule has 3 aliphatic heterocycles. The van der Waals surface area contributed by atoms with E-state index in [1.54, 1.807) is 0 Å². The Labute approximate surface area is 158 Å². The number of fused-ring (bicyclic) bond motifs is 4. The van der Waals surface area contributed by atoms with E-state index < -0.39 is 0 Å². The van der Waals surface area contributed by atoms with Gasteiger partial charge in [0.15, 0.2) is 0 Å². The number of carbonyl (C=O) groups is 1. The molecule has 0 bridgehead atoms. The second kappa shape index (κ2) is 7.59. The lowest BCUT2D eigenvalue weighted by Gasteiger charge is -2.52. The Balaban J connectivity index is 1.54. The number of urea groups is 1. The highest BCUT2D eigenvalue weighted by Crippen LogP contribution is 2.42. The van der Waals surface area contributed by atoms with E-state index in [1.807, 2.05) is 11.9 Å². The summed E-state index contributed by atoms with van der Waals surface area (Å²) in [6, 6.07) is 10.1. The molecule has 3 atom stereocenters. The van der Waals surface area contributed by atoms with Gasteiger partial charge in [0.2, 0.25) is 0 Å². The molecule has 0 spiro atoms. The third kappa shape index (κ3) is 3.24. The highest BCUT2D eigenvalue weighted by Gasteiger charge is 2.44. The number of unbranched alkanes of at least 4 members (excludes halogenated alkanes) is 1. The fourth-order valence-electron chi connectivity index (χ4n) is 5.34. The zero-order chi connectivity index (χ0) is 18.1. The van der Waals surface area contributed by atoms with Crippen LogP contribution in [0.3, 0.4) is 0 Å². The van der Waals surface area contributed by atoms with E-state index in [0.29, 0.717) is 18.0 Å². The van der Waals surface area contributed by atoms with Crippen LogP contribution in [0.4, 0.5) is 4.79 Å². The lowest BCUT2D eigenvalue weighted by molar-refractivity contribution is -0.0000352. The minimum atomic E-state index is 0.255. The predicted octanol–water partition coefficient (Wildman–Crippen LogP) is 3.92. The summed E-state index contributed by atoms with van der Waals surface area (Å²) >= 11 is 0. The van der Waals surface area contributed by atoms with Gasteiger partial charge in [0, 0.05) is 45.3 Å². The molecule has 0 aliphatic carbocycles. The second-order valence-corrected chi connectivity index (χ2v) is 8.42. The second-order valence-electron chi connectivity index (χ2n) is 8.42. The molecule has 4 nitrogen and oxygen atoms in total. The first-order valence-electron chi connectivity index (χ1n) is 10.5. The van der Waals surface area contributed by atoms with E-state index in [-0.39, 0.29) is 6.03 Å². The van der Waals surface area contributed by atoms with Crippen molar-refractivity contribution in [2.45, 2.75) is 57.5 Å². The van der Waals surface area contributed by atoms with Crippen LogP contribution in [0.1, 0.15) is 56.2 Å². The molecule has 142 valence electrons. The largest absolute Gasteiger partial charge is 0.328 e. The van der Waals surface area contributed by atoms with Gasteiger partial charge in [-0.3, -0.25) is 4.90 Å². The topological polar surface area (TPSA) is 26.8 Å². The maximum absolute atomic E-state index is 13.1. The Kier molecular flexibility index (Phi) is 5.21. The molecule has 1 aromatic rings. The van der Waals surface area contributed by atoms with Gasteiger partial charge < -0.3 is 9.80 Å². The van der Waals surface area contributed by atoms with Crippen LogP contribution < -0.4 is 0 Å². The summed E-state index contributed by atoms with van der Waals surface area (Å²) in [5.74, 6) is 0.647. The van der Waals surface area contributed by atoms with E-state index in [2.05, 4.69) is 41.0 Å². The zero-order valence-electron chi connectivity index (χ0n) is 16.4. The molecule has 0 aromatic heterocycles. The van der Waals surface area contributed by atoms with Gasteiger partial charge in [0.25, 0.3) is 0 Å². The number of benzene rings is 1. The normalized spacial score (nSPS) is 28.1. The first kappa shape index (κ1) is 17.8. The van der Waals surface area contributed by atoms with Gasteiger partial charge in [-0.15, -0.1) is 0 Å². The smallest absolute Gasteiger partial charge is 0.320 e. The van der Waals surface area contributed by atoms with Crippen molar-refractivity contribution < 1.29 is 4.79 Å². The molecule has 4 heteroatoms. The first-order valence-corrected chi connectivity index (χ1v) is 10.5. The third-order valence-electron chi connectivity index (χ3n) is 6.79. The van der Waals surface area contributed by atoms with Gasteiger partial charge in [-0.25, -0.2) is 4.79 Å². The van der Waals surface area contributed by atoms with E-state index in [9.17, 15) is 4.79 Å². The summed E-state index contributed by atoms with van der Waals surface area (Å²) < 4.78 is 0. The van der Waals surface area contributed by atoms with Crippen LogP contribution in [-0.2, 0) is 6.42 Å². The van der Waals surface area contributed by atoms with Crippen molar-refractivity contribution in [2.24, 2.45) is 5.92 Å². The summed E-state index contributed by atoms with van der Waals surface area (Å²) in [5, 5.41) is 0. The summed E-state index contributed by atoms with van der Waals surface area (Å²) in [4.78, 5) is 20.0. The lowest BCUT2D eigenvalue weighted by atomic mass is 9.77. The van der Waals surface area contributed by atoms with Crippen molar-refractivity contribution in [1.29, 1.82) is 0 Å². The van der Waals surface area contributed by atoms with Crippen molar-refractivity contribution in [1.82, 2.24) is 14.7 Å². The predicted molar refractivity (Wildman–Crippen MR) is 105 cm³/mol. The van der Waals surface area contributed by atoms with E-state index in [4.69, 9.17) is 0 Å². The summed E-state index contributed by atoms with van der Waals surface area (Å²) in [6.45, 7) is 6.33.